The largest absolute Gasteiger partial charge is 0.480 e. The molecule has 3 nitrogen and oxygen atoms in total. The topological polar surface area (TPSA) is 50.4 Å². The number of carboxylic acid groups (broad SMARTS) is 1. The summed E-state index contributed by atoms with van der Waals surface area (Å²) in [6, 6.07) is 3.60. The van der Waals surface area contributed by atoms with Gasteiger partial charge < -0.3 is 9.52 Å². The smallest absolute Gasteiger partial charge is 0.317 e. The van der Waals surface area contributed by atoms with E-state index in [4.69, 9.17) is 9.52 Å². The van der Waals surface area contributed by atoms with Crippen molar-refractivity contribution in [3.05, 3.63) is 23.7 Å². The molecule has 1 saturated carbocycles. The molecule has 70 valence electrons. The van der Waals surface area contributed by atoms with Gasteiger partial charge in [-0.2, -0.15) is 0 Å². The zero-order valence-corrected chi connectivity index (χ0v) is 7.54. The third-order valence-corrected chi connectivity index (χ3v) is 2.83. The van der Waals surface area contributed by atoms with E-state index in [2.05, 4.69) is 0 Å². The molecule has 0 atom stereocenters. The van der Waals surface area contributed by atoms with Crippen LogP contribution in [0.1, 0.15) is 30.8 Å². The Balaban J connectivity index is 2.37. The Hall–Kier alpha value is -1.25. The van der Waals surface area contributed by atoms with Gasteiger partial charge in [-0.25, -0.2) is 0 Å². The summed E-state index contributed by atoms with van der Waals surface area (Å²) in [4.78, 5) is 11.1. The van der Waals surface area contributed by atoms with E-state index in [0.29, 0.717) is 18.6 Å². The molecular formula is C10H12O3. The fourth-order valence-corrected chi connectivity index (χ4v) is 1.79. The maximum Gasteiger partial charge on any atom is 0.317 e. The van der Waals surface area contributed by atoms with E-state index in [1.54, 1.807) is 6.07 Å². The standard InChI is InChI=1S/C10H12O3/c1-7-3-4-8(13-7)10(9(11)12)5-2-6-10/h3-4H,2,5-6H2,1H3,(H,11,12). The van der Waals surface area contributed by atoms with Gasteiger partial charge in [-0.1, -0.05) is 6.42 Å². The molecule has 0 saturated heterocycles. The molecular weight excluding hydrogens is 168 g/mol. The van der Waals surface area contributed by atoms with Crippen molar-refractivity contribution < 1.29 is 14.3 Å². The Morgan fingerprint density at radius 2 is 2.23 bits per heavy atom. The summed E-state index contributed by atoms with van der Waals surface area (Å²) in [5, 5.41) is 9.09. The number of rotatable bonds is 2. The fraction of sp³-hybridized carbons (Fsp3) is 0.500. The Bertz CT molecular complexity index is 334. The predicted octanol–water partition coefficient (Wildman–Crippen LogP) is 2.09. The predicted molar refractivity (Wildman–Crippen MR) is 46.6 cm³/mol. The van der Waals surface area contributed by atoms with Crippen molar-refractivity contribution in [2.75, 3.05) is 0 Å². The first-order chi connectivity index (χ1) is 6.15. The Labute approximate surface area is 76.4 Å². The first-order valence-electron chi connectivity index (χ1n) is 4.45. The van der Waals surface area contributed by atoms with Crippen LogP contribution in [0.5, 0.6) is 0 Å². The first kappa shape index (κ1) is 8.35. The molecule has 0 spiro atoms. The summed E-state index contributed by atoms with van der Waals surface area (Å²) in [5.74, 6) is 0.638. The van der Waals surface area contributed by atoms with E-state index < -0.39 is 11.4 Å². The highest BCUT2D eigenvalue weighted by atomic mass is 16.4. The fourth-order valence-electron chi connectivity index (χ4n) is 1.79. The van der Waals surface area contributed by atoms with Crippen molar-refractivity contribution in [1.82, 2.24) is 0 Å². The molecule has 0 radical (unpaired) electrons. The SMILES string of the molecule is Cc1ccc(C2(C(=O)O)CCC2)o1. The Kier molecular flexibility index (Phi) is 1.68. The Morgan fingerprint density at radius 1 is 1.54 bits per heavy atom. The van der Waals surface area contributed by atoms with Gasteiger partial charge in [0.1, 0.15) is 16.9 Å². The highest BCUT2D eigenvalue weighted by Crippen LogP contribution is 2.44. The maximum absolute atomic E-state index is 11.1. The van der Waals surface area contributed by atoms with Gasteiger partial charge in [-0.05, 0) is 31.9 Å². The molecule has 0 aliphatic heterocycles. The molecule has 1 N–H and O–H groups in total. The van der Waals surface area contributed by atoms with E-state index in [9.17, 15) is 4.79 Å². The number of aryl methyl sites for hydroxylation is 1. The number of carbonyl (C=O) groups is 1. The first-order valence-corrected chi connectivity index (χ1v) is 4.45. The molecule has 0 amide bonds. The van der Waals surface area contributed by atoms with E-state index in [1.807, 2.05) is 13.0 Å². The number of carboxylic acids is 1. The van der Waals surface area contributed by atoms with Crippen LogP contribution in [0.3, 0.4) is 0 Å². The van der Waals surface area contributed by atoms with Crippen LogP contribution in [0.15, 0.2) is 16.5 Å². The summed E-state index contributed by atoms with van der Waals surface area (Å²) in [6.45, 7) is 1.83. The second-order valence-electron chi connectivity index (χ2n) is 3.65. The molecule has 0 aromatic carbocycles. The number of aliphatic carboxylic acids is 1. The molecule has 1 aliphatic carbocycles. The van der Waals surface area contributed by atoms with Crippen molar-refractivity contribution in [3.8, 4) is 0 Å². The molecule has 0 bridgehead atoms. The van der Waals surface area contributed by atoms with Crippen LogP contribution in [0, 0.1) is 6.92 Å². The number of hydrogen-bond acceptors (Lipinski definition) is 2. The molecule has 13 heavy (non-hydrogen) atoms. The average Bonchev–Trinajstić information content (AvgIpc) is 2.32. The molecule has 0 unspecified atom stereocenters. The summed E-state index contributed by atoms with van der Waals surface area (Å²) in [6.07, 6.45) is 2.39. The van der Waals surface area contributed by atoms with Crippen molar-refractivity contribution in [2.45, 2.75) is 31.6 Å². The quantitative estimate of drug-likeness (QED) is 0.758. The van der Waals surface area contributed by atoms with Gasteiger partial charge in [0.25, 0.3) is 0 Å². The van der Waals surface area contributed by atoms with E-state index in [0.717, 1.165) is 12.2 Å². The highest BCUT2D eigenvalue weighted by Gasteiger charge is 2.48. The molecule has 1 aliphatic rings. The lowest BCUT2D eigenvalue weighted by molar-refractivity contribution is -0.148. The van der Waals surface area contributed by atoms with Gasteiger partial charge in [0, 0.05) is 0 Å². The lowest BCUT2D eigenvalue weighted by Gasteiger charge is -2.35. The number of hydrogen-bond donors (Lipinski definition) is 1. The normalized spacial score (nSPS) is 19.5. The minimum atomic E-state index is -0.756. The highest BCUT2D eigenvalue weighted by molar-refractivity contribution is 5.81. The van der Waals surface area contributed by atoms with Crippen LogP contribution in [0.25, 0.3) is 0 Å². The lowest BCUT2D eigenvalue weighted by atomic mass is 9.67. The molecule has 1 aromatic heterocycles. The Morgan fingerprint density at radius 3 is 2.54 bits per heavy atom. The third kappa shape index (κ3) is 1.07. The van der Waals surface area contributed by atoms with Crippen LogP contribution in [0.2, 0.25) is 0 Å². The van der Waals surface area contributed by atoms with Crippen molar-refractivity contribution in [2.24, 2.45) is 0 Å². The number of furan rings is 1. The van der Waals surface area contributed by atoms with E-state index >= 15 is 0 Å². The molecule has 1 fully saturated rings. The minimum absolute atomic E-state index is 0.615. The summed E-state index contributed by atoms with van der Waals surface area (Å²) >= 11 is 0. The third-order valence-electron chi connectivity index (χ3n) is 2.83. The monoisotopic (exact) mass is 180 g/mol. The van der Waals surface area contributed by atoms with Crippen molar-refractivity contribution >= 4 is 5.97 Å². The van der Waals surface area contributed by atoms with Crippen LogP contribution < -0.4 is 0 Å². The summed E-state index contributed by atoms with van der Waals surface area (Å²) < 4.78 is 5.37. The maximum atomic E-state index is 11.1. The van der Waals surface area contributed by atoms with Gasteiger partial charge in [0.2, 0.25) is 0 Å². The van der Waals surface area contributed by atoms with Gasteiger partial charge in [0.15, 0.2) is 0 Å². The van der Waals surface area contributed by atoms with Gasteiger partial charge in [0.05, 0.1) is 0 Å². The molecule has 1 aromatic rings. The summed E-state index contributed by atoms with van der Waals surface area (Å²) in [7, 11) is 0. The van der Waals surface area contributed by atoms with Crippen LogP contribution in [-0.2, 0) is 10.2 Å². The summed E-state index contributed by atoms with van der Waals surface area (Å²) in [5.41, 5.74) is -0.714. The van der Waals surface area contributed by atoms with Gasteiger partial charge >= 0.3 is 5.97 Å². The van der Waals surface area contributed by atoms with E-state index in [1.165, 1.54) is 0 Å². The molecule has 1 heterocycles. The van der Waals surface area contributed by atoms with Crippen LogP contribution >= 0.6 is 0 Å². The second kappa shape index (κ2) is 2.62. The van der Waals surface area contributed by atoms with Crippen LogP contribution in [0.4, 0.5) is 0 Å². The lowest BCUT2D eigenvalue weighted by Crippen LogP contribution is -2.41. The molecule has 3 heteroatoms. The minimum Gasteiger partial charge on any atom is -0.480 e. The molecule has 2 rings (SSSR count). The van der Waals surface area contributed by atoms with Gasteiger partial charge in [-0.3, -0.25) is 4.79 Å². The second-order valence-corrected chi connectivity index (χ2v) is 3.65. The van der Waals surface area contributed by atoms with Crippen molar-refractivity contribution in [3.63, 3.8) is 0 Å². The zero-order chi connectivity index (χ0) is 9.47. The van der Waals surface area contributed by atoms with Gasteiger partial charge in [-0.15, -0.1) is 0 Å². The van der Waals surface area contributed by atoms with E-state index in [-0.39, 0.29) is 0 Å². The van der Waals surface area contributed by atoms with Crippen LogP contribution in [-0.4, -0.2) is 11.1 Å². The zero-order valence-electron chi connectivity index (χ0n) is 7.54. The van der Waals surface area contributed by atoms with Crippen molar-refractivity contribution in [1.29, 1.82) is 0 Å². The average molecular weight is 180 g/mol.